The number of hydrogen-bond donors (Lipinski definition) is 1. The molecule has 0 spiro atoms. The zero-order valence-corrected chi connectivity index (χ0v) is 9.27. The minimum atomic E-state index is 0.554. The van der Waals surface area contributed by atoms with Gasteiger partial charge in [-0.25, -0.2) is 0 Å². The largest absolute Gasteiger partial charge is 0.330 e. The zero-order chi connectivity index (χ0) is 10.1. The lowest BCUT2D eigenvalue weighted by atomic mass is 10.0. The fourth-order valence-electron chi connectivity index (χ4n) is 1.11. The molecule has 76 valence electrons. The van der Waals surface area contributed by atoms with E-state index >= 15 is 0 Å². The van der Waals surface area contributed by atoms with Crippen molar-refractivity contribution in [2.45, 2.75) is 46.5 Å². The van der Waals surface area contributed by atoms with E-state index in [0.29, 0.717) is 11.8 Å². The molecule has 0 aromatic carbocycles. The molecule has 0 aliphatic carbocycles. The van der Waals surface area contributed by atoms with Crippen molar-refractivity contribution in [1.29, 1.82) is 0 Å². The highest BCUT2D eigenvalue weighted by Gasteiger charge is 2.00. The van der Waals surface area contributed by atoms with Crippen LogP contribution in [-0.4, -0.2) is 6.54 Å². The van der Waals surface area contributed by atoms with Gasteiger partial charge in [-0.05, 0) is 25.3 Å². The fourth-order valence-corrected chi connectivity index (χ4v) is 1.11. The van der Waals surface area contributed by atoms with Crippen LogP contribution in [0.1, 0.15) is 46.5 Å². The molecule has 0 heterocycles. The van der Waals surface area contributed by atoms with Gasteiger partial charge in [0.1, 0.15) is 0 Å². The molecule has 2 N–H and O–H groups in total. The maximum Gasteiger partial charge on any atom is 0.0171 e. The summed E-state index contributed by atoms with van der Waals surface area (Å²) in [5.74, 6) is 7.70. The van der Waals surface area contributed by atoms with Crippen LogP contribution in [0, 0.1) is 23.7 Å². The van der Waals surface area contributed by atoms with Crippen molar-refractivity contribution in [2.24, 2.45) is 17.6 Å². The van der Waals surface area contributed by atoms with Gasteiger partial charge in [-0.15, -0.1) is 11.8 Å². The molecule has 0 bridgehead atoms. The molecule has 2 unspecified atom stereocenters. The van der Waals surface area contributed by atoms with Crippen molar-refractivity contribution in [1.82, 2.24) is 0 Å². The van der Waals surface area contributed by atoms with E-state index in [9.17, 15) is 0 Å². The Labute approximate surface area is 83.1 Å². The average molecular weight is 181 g/mol. The van der Waals surface area contributed by atoms with E-state index in [1.807, 2.05) is 0 Å². The lowest BCUT2D eigenvalue weighted by Gasteiger charge is -2.08. The number of rotatable bonds is 5. The predicted molar refractivity (Wildman–Crippen MR) is 59.3 cm³/mol. The van der Waals surface area contributed by atoms with E-state index in [1.165, 1.54) is 6.42 Å². The van der Waals surface area contributed by atoms with E-state index in [2.05, 4.69) is 32.6 Å². The van der Waals surface area contributed by atoms with Crippen LogP contribution in [0.3, 0.4) is 0 Å². The predicted octanol–water partition coefficient (Wildman–Crippen LogP) is 2.80. The van der Waals surface area contributed by atoms with Crippen LogP contribution >= 0.6 is 0 Å². The van der Waals surface area contributed by atoms with Crippen LogP contribution in [0.25, 0.3) is 0 Å². The van der Waals surface area contributed by atoms with Gasteiger partial charge < -0.3 is 5.73 Å². The SMILES string of the molecule is CCC(C)C#CCCC(CC)CN. The Bertz CT molecular complexity index is 160. The fraction of sp³-hybridized carbons (Fsp3) is 0.833. The second-order valence-corrected chi connectivity index (χ2v) is 3.68. The second kappa shape index (κ2) is 8.13. The van der Waals surface area contributed by atoms with Crippen LogP contribution in [0.5, 0.6) is 0 Å². The third kappa shape index (κ3) is 6.66. The van der Waals surface area contributed by atoms with E-state index in [4.69, 9.17) is 5.73 Å². The molecule has 0 saturated carbocycles. The van der Waals surface area contributed by atoms with Crippen LogP contribution in [0.15, 0.2) is 0 Å². The summed E-state index contributed by atoms with van der Waals surface area (Å²) in [6.45, 7) is 7.35. The van der Waals surface area contributed by atoms with E-state index in [0.717, 1.165) is 25.8 Å². The van der Waals surface area contributed by atoms with Crippen molar-refractivity contribution < 1.29 is 0 Å². The molecule has 1 heteroatoms. The Morgan fingerprint density at radius 3 is 2.38 bits per heavy atom. The van der Waals surface area contributed by atoms with Gasteiger partial charge in [0.05, 0.1) is 0 Å². The zero-order valence-electron chi connectivity index (χ0n) is 9.27. The highest BCUT2D eigenvalue weighted by Crippen LogP contribution is 2.08. The standard InChI is InChI=1S/C12H23N/c1-4-11(3)8-6-7-9-12(5-2)10-13/h11-12H,4-5,7,9-10,13H2,1-3H3. The van der Waals surface area contributed by atoms with Gasteiger partial charge in [-0.2, -0.15) is 0 Å². The minimum absolute atomic E-state index is 0.554. The maximum absolute atomic E-state index is 5.60. The molecule has 13 heavy (non-hydrogen) atoms. The second-order valence-electron chi connectivity index (χ2n) is 3.68. The highest BCUT2D eigenvalue weighted by molar-refractivity contribution is 5.02. The molecule has 0 amide bonds. The van der Waals surface area contributed by atoms with Gasteiger partial charge in [0.25, 0.3) is 0 Å². The topological polar surface area (TPSA) is 26.0 Å². The van der Waals surface area contributed by atoms with Gasteiger partial charge >= 0.3 is 0 Å². The van der Waals surface area contributed by atoms with Crippen molar-refractivity contribution in [3.8, 4) is 11.8 Å². The van der Waals surface area contributed by atoms with Gasteiger partial charge in [-0.3, -0.25) is 0 Å². The molecule has 0 saturated heterocycles. The first-order chi connectivity index (χ1) is 6.24. The van der Waals surface area contributed by atoms with E-state index in [-0.39, 0.29) is 0 Å². The summed E-state index contributed by atoms with van der Waals surface area (Å²) in [5.41, 5.74) is 5.60. The first kappa shape index (κ1) is 12.5. The first-order valence-electron chi connectivity index (χ1n) is 5.43. The number of hydrogen-bond acceptors (Lipinski definition) is 1. The number of nitrogens with two attached hydrogens (primary N) is 1. The summed E-state index contributed by atoms with van der Waals surface area (Å²) >= 11 is 0. The van der Waals surface area contributed by atoms with Crippen LogP contribution in [0.4, 0.5) is 0 Å². The Kier molecular flexibility index (Phi) is 7.83. The molecule has 0 aromatic heterocycles. The third-order valence-electron chi connectivity index (χ3n) is 2.55. The normalized spacial score (nSPS) is 14.5. The molecular weight excluding hydrogens is 158 g/mol. The molecule has 0 radical (unpaired) electrons. The Hall–Kier alpha value is -0.480. The molecule has 0 fully saturated rings. The van der Waals surface area contributed by atoms with Crippen LogP contribution in [-0.2, 0) is 0 Å². The van der Waals surface area contributed by atoms with Crippen LogP contribution in [0.2, 0.25) is 0 Å². The molecule has 0 rings (SSSR count). The smallest absolute Gasteiger partial charge is 0.0171 e. The van der Waals surface area contributed by atoms with Crippen molar-refractivity contribution in [3.05, 3.63) is 0 Å². The quantitative estimate of drug-likeness (QED) is 0.648. The summed E-state index contributed by atoms with van der Waals surface area (Å²) in [6, 6.07) is 0. The van der Waals surface area contributed by atoms with Gasteiger partial charge in [0.2, 0.25) is 0 Å². The maximum atomic E-state index is 5.60. The minimum Gasteiger partial charge on any atom is -0.330 e. The summed E-state index contributed by atoms with van der Waals surface area (Å²) in [7, 11) is 0. The monoisotopic (exact) mass is 181 g/mol. The Balaban J connectivity index is 3.56. The third-order valence-corrected chi connectivity index (χ3v) is 2.55. The Morgan fingerprint density at radius 1 is 1.23 bits per heavy atom. The molecule has 0 aliphatic rings. The van der Waals surface area contributed by atoms with Gasteiger partial charge in [-0.1, -0.05) is 27.2 Å². The molecule has 1 nitrogen and oxygen atoms in total. The lowest BCUT2D eigenvalue weighted by molar-refractivity contribution is 0.489. The molecule has 2 atom stereocenters. The first-order valence-corrected chi connectivity index (χ1v) is 5.43. The summed E-state index contributed by atoms with van der Waals surface area (Å²) in [4.78, 5) is 0. The van der Waals surface area contributed by atoms with Crippen molar-refractivity contribution >= 4 is 0 Å². The van der Waals surface area contributed by atoms with Crippen LogP contribution < -0.4 is 5.73 Å². The van der Waals surface area contributed by atoms with Gasteiger partial charge in [0.15, 0.2) is 0 Å². The highest BCUT2D eigenvalue weighted by atomic mass is 14.5. The summed E-state index contributed by atoms with van der Waals surface area (Å²) in [5, 5.41) is 0. The summed E-state index contributed by atoms with van der Waals surface area (Å²) in [6.07, 6.45) is 4.51. The Morgan fingerprint density at radius 2 is 1.92 bits per heavy atom. The average Bonchev–Trinajstić information content (AvgIpc) is 2.18. The molecule has 0 aromatic rings. The van der Waals surface area contributed by atoms with Gasteiger partial charge in [0, 0.05) is 12.3 Å². The lowest BCUT2D eigenvalue weighted by Crippen LogP contribution is -2.12. The molecular formula is C12H23N. The van der Waals surface area contributed by atoms with E-state index < -0.39 is 0 Å². The van der Waals surface area contributed by atoms with Crippen molar-refractivity contribution in [3.63, 3.8) is 0 Å². The molecule has 0 aliphatic heterocycles. The van der Waals surface area contributed by atoms with E-state index in [1.54, 1.807) is 0 Å². The van der Waals surface area contributed by atoms with Crippen molar-refractivity contribution in [2.75, 3.05) is 6.54 Å². The summed E-state index contributed by atoms with van der Waals surface area (Å²) < 4.78 is 0.